The summed E-state index contributed by atoms with van der Waals surface area (Å²) in [5.41, 5.74) is 0.371. The number of halogens is 2. The molecule has 0 spiro atoms. The molecule has 0 radical (unpaired) electrons. The zero-order chi connectivity index (χ0) is 22.8. The standard InChI is InChI=1S/C20H17ClFN7O2S/c1-23-20-25-9-13-17(27-20)29(2)19(30)16(26-13)11-5-4-6-12(15(11)22)28-32-14-7-10(21)8-24-18(14)31-3/h4-9,28H,1-3H3,(H,23,25,27). The van der Waals surface area contributed by atoms with Crippen LogP contribution in [0.25, 0.3) is 22.4 Å². The van der Waals surface area contributed by atoms with Gasteiger partial charge in [0.1, 0.15) is 11.2 Å². The van der Waals surface area contributed by atoms with E-state index in [-0.39, 0.29) is 16.9 Å². The summed E-state index contributed by atoms with van der Waals surface area (Å²) in [5.74, 6) is 0.0579. The summed E-state index contributed by atoms with van der Waals surface area (Å²) < 4.78 is 24.8. The van der Waals surface area contributed by atoms with Gasteiger partial charge >= 0.3 is 0 Å². The Bertz CT molecular complexity index is 1380. The van der Waals surface area contributed by atoms with Gasteiger partial charge in [-0.25, -0.2) is 19.3 Å². The molecule has 0 saturated heterocycles. The second-order valence-electron chi connectivity index (χ2n) is 6.51. The molecule has 32 heavy (non-hydrogen) atoms. The summed E-state index contributed by atoms with van der Waals surface area (Å²) in [6, 6.07) is 6.31. The first kappa shape index (κ1) is 21.8. The number of rotatable bonds is 6. The molecule has 0 aliphatic carbocycles. The van der Waals surface area contributed by atoms with Crippen LogP contribution in [0.5, 0.6) is 5.88 Å². The van der Waals surface area contributed by atoms with Gasteiger partial charge in [0.25, 0.3) is 5.56 Å². The number of hydrogen-bond donors (Lipinski definition) is 2. The molecule has 4 rings (SSSR count). The zero-order valence-electron chi connectivity index (χ0n) is 17.2. The van der Waals surface area contributed by atoms with Crippen LogP contribution in [0.4, 0.5) is 16.0 Å². The molecule has 0 atom stereocenters. The number of nitrogens with zero attached hydrogens (tertiary/aromatic N) is 5. The number of benzene rings is 1. The average molecular weight is 474 g/mol. The third kappa shape index (κ3) is 4.04. The molecule has 0 aliphatic rings. The Balaban J connectivity index is 1.73. The summed E-state index contributed by atoms with van der Waals surface area (Å²) >= 11 is 7.08. The Kier molecular flexibility index (Phi) is 6.10. The van der Waals surface area contributed by atoms with Gasteiger partial charge < -0.3 is 14.8 Å². The molecule has 3 heterocycles. The van der Waals surface area contributed by atoms with E-state index in [0.29, 0.717) is 32.9 Å². The van der Waals surface area contributed by atoms with Gasteiger partial charge in [0.05, 0.1) is 28.9 Å². The first-order valence-corrected chi connectivity index (χ1v) is 10.4. The number of fused-ring (bicyclic) bond motifs is 1. The van der Waals surface area contributed by atoms with Crippen LogP contribution in [0.1, 0.15) is 0 Å². The van der Waals surface area contributed by atoms with Gasteiger partial charge in [-0.05, 0) is 30.1 Å². The maximum atomic E-state index is 15.4. The van der Waals surface area contributed by atoms with Gasteiger partial charge in [-0.15, -0.1) is 0 Å². The fourth-order valence-electron chi connectivity index (χ4n) is 2.95. The quantitative estimate of drug-likeness (QED) is 0.405. The predicted octanol–water partition coefficient (Wildman–Crippen LogP) is 3.75. The number of pyridine rings is 1. The van der Waals surface area contributed by atoms with E-state index in [4.69, 9.17) is 16.3 Å². The van der Waals surface area contributed by atoms with Crippen molar-refractivity contribution in [3.05, 3.63) is 57.9 Å². The zero-order valence-corrected chi connectivity index (χ0v) is 18.8. The molecule has 0 unspecified atom stereocenters. The Hall–Kier alpha value is -3.44. The van der Waals surface area contributed by atoms with E-state index < -0.39 is 11.4 Å². The number of methoxy groups -OCH3 is 1. The SMILES string of the molecule is CNc1ncc2nc(-c3cccc(NSc4cc(Cl)cnc4OC)c3F)c(=O)n(C)c2n1. The van der Waals surface area contributed by atoms with E-state index in [1.54, 1.807) is 32.3 Å². The van der Waals surface area contributed by atoms with Crippen LogP contribution >= 0.6 is 23.5 Å². The molecule has 3 aromatic heterocycles. The molecular weight excluding hydrogens is 457 g/mol. The highest BCUT2D eigenvalue weighted by Crippen LogP contribution is 2.33. The van der Waals surface area contributed by atoms with Crippen molar-refractivity contribution in [1.82, 2.24) is 24.5 Å². The largest absolute Gasteiger partial charge is 0.480 e. The van der Waals surface area contributed by atoms with Crippen LogP contribution in [0.15, 0.2) is 46.3 Å². The second kappa shape index (κ2) is 8.97. The van der Waals surface area contributed by atoms with E-state index in [2.05, 4.69) is 30.0 Å². The van der Waals surface area contributed by atoms with Crippen LogP contribution in [0, 0.1) is 5.82 Å². The maximum absolute atomic E-state index is 15.4. The third-order valence-corrected chi connectivity index (χ3v) is 5.57. The lowest BCUT2D eigenvalue weighted by Crippen LogP contribution is -2.22. The Morgan fingerprint density at radius 1 is 1.22 bits per heavy atom. The van der Waals surface area contributed by atoms with Gasteiger partial charge in [0.2, 0.25) is 11.8 Å². The molecule has 2 N–H and O–H groups in total. The molecule has 9 nitrogen and oxygen atoms in total. The van der Waals surface area contributed by atoms with Crippen molar-refractivity contribution >= 4 is 46.3 Å². The van der Waals surface area contributed by atoms with Crippen molar-refractivity contribution in [3.63, 3.8) is 0 Å². The summed E-state index contributed by atoms with van der Waals surface area (Å²) in [6.07, 6.45) is 2.93. The van der Waals surface area contributed by atoms with E-state index in [0.717, 1.165) is 11.9 Å². The van der Waals surface area contributed by atoms with Crippen molar-refractivity contribution in [2.75, 3.05) is 24.2 Å². The highest BCUT2D eigenvalue weighted by Gasteiger charge is 2.18. The van der Waals surface area contributed by atoms with Gasteiger partial charge in [-0.3, -0.25) is 9.36 Å². The van der Waals surface area contributed by atoms with Gasteiger partial charge in [0.15, 0.2) is 11.5 Å². The minimum absolute atomic E-state index is 0.0473. The normalized spacial score (nSPS) is 10.9. The van der Waals surface area contributed by atoms with Gasteiger partial charge in [0, 0.05) is 25.9 Å². The minimum atomic E-state index is -0.634. The molecule has 4 aromatic rings. The fourth-order valence-corrected chi connectivity index (χ4v) is 3.96. The number of hydrogen-bond acceptors (Lipinski definition) is 9. The summed E-state index contributed by atoms with van der Waals surface area (Å²) in [4.78, 5) is 30.3. The minimum Gasteiger partial charge on any atom is -0.480 e. The van der Waals surface area contributed by atoms with Crippen LogP contribution in [0.3, 0.4) is 0 Å². The van der Waals surface area contributed by atoms with Crippen LogP contribution in [-0.4, -0.2) is 38.7 Å². The molecule has 0 bridgehead atoms. The van der Waals surface area contributed by atoms with E-state index >= 15 is 4.39 Å². The number of nitrogens with one attached hydrogen (secondary N) is 2. The lowest BCUT2D eigenvalue weighted by Gasteiger charge is -2.12. The number of anilines is 2. The van der Waals surface area contributed by atoms with Gasteiger partial charge in [-0.1, -0.05) is 17.7 Å². The average Bonchev–Trinajstić information content (AvgIpc) is 2.81. The molecule has 12 heteroatoms. The van der Waals surface area contributed by atoms with Crippen molar-refractivity contribution in [1.29, 1.82) is 0 Å². The van der Waals surface area contributed by atoms with Crippen LogP contribution in [0.2, 0.25) is 5.02 Å². The topological polar surface area (TPSA) is 107 Å². The monoisotopic (exact) mass is 473 g/mol. The highest BCUT2D eigenvalue weighted by molar-refractivity contribution is 8.00. The lowest BCUT2D eigenvalue weighted by molar-refractivity contribution is 0.387. The fraction of sp³-hybridized carbons (Fsp3) is 0.150. The van der Waals surface area contributed by atoms with Crippen molar-refractivity contribution < 1.29 is 9.13 Å². The summed E-state index contributed by atoms with van der Waals surface area (Å²) in [7, 11) is 4.70. The molecular formula is C20H17ClFN7O2S. The van der Waals surface area contributed by atoms with E-state index in [9.17, 15) is 4.79 Å². The molecule has 0 aliphatic heterocycles. The number of aryl methyl sites for hydroxylation is 1. The Morgan fingerprint density at radius 3 is 2.78 bits per heavy atom. The molecule has 0 amide bonds. The molecule has 1 aromatic carbocycles. The van der Waals surface area contributed by atoms with Crippen molar-refractivity contribution in [2.45, 2.75) is 4.90 Å². The Morgan fingerprint density at radius 2 is 2.03 bits per heavy atom. The smallest absolute Gasteiger partial charge is 0.278 e. The maximum Gasteiger partial charge on any atom is 0.278 e. The number of aromatic nitrogens is 5. The first-order valence-electron chi connectivity index (χ1n) is 9.25. The molecule has 164 valence electrons. The number of ether oxygens (including phenoxy) is 1. The van der Waals surface area contributed by atoms with Crippen LogP contribution < -0.4 is 20.3 Å². The summed E-state index contributed by atoms with van der Waals surface area (Å²) in [6.45, 7) is 0. The Labute approximate surface area is 191 Å². The highest BCUT2D eigenvalue weighted by atomic mass is 35.5. The second-order valence-corrected chi connectivity index (χ2v) is 7.79. The predicted molar refractivity (Wildman–Crippen MR) is 123 cm³/mol. The van der Waals surface area contributed by atoms with E-state index in [1.165, 1.54) is 30.1 Å². The lowest BCUT2D eigenvalue weighted by atomic mass is 10.1. The van der Waals surface area contributed by atoms with E-state index in [1.807, 2.05) is 0 Å². The third-order valence-electron chi connectivity index (χ3n) is 4.53. The first-order chi connectivity index (χ1) is 15.4. The molecule has 0 saturated carbocycles. The van der Waals surface area contributed by atoms with Crippen molar-refractivity contribution in [2.24, 2.45) is 7.05 Å². The summed E-state index contributed by atoms with van der Waals surface area (Å²) in [5, 5.41) is 3.22. The van der Waals surface area contributed by atoms with Crippen LogP contribution in [-0.2, 0) is 7.05 Å². The molecule has 0 fully saturated rings. The van der Waals surface area contributed by atoms with Crippen molar-refractivity contribution in [3.8, 4) is 17.1 Å². The van der Waals surface area contributed by atoms with Gasteiger partial charge in [-0.2, -0.15) is 4.98 Å².